The van der Waals surface area contributed by atoms with Gasteiger partial charge >= 0.3 is 0 Å². The largest absolute Gasteiger partial charge is 0.490 e. The van der Waals surface area contributed by atoms with Gasteiger partial charge in [0.2, 0.25) is 0 Å². The first-order valence-electron chi connectivity index (χ1n) is 4.49. The van der Waals surface area contributed by atoms with Crippen molar-refractivity contribution >= 4 is 28.4 Å². The van der Waals surface area contributed by atoms with E-state index in [4.69, 9.17) is 4.74 Å². The summed E-state index contributed by atoms with van der Waals surface area (Å²) in [6, 6.07) is 7.80. The number of ether oxygens (including phenoxy) is 1. The number of hydrogen-bond donors (Lipinski definition) is 0. The van der Waals surface area contributed by atoms with Crippen LogP contribution in [0.2, 0.25) is 0 Å². The first-order valence-corrected chi connectivity index (χ1v) is 5.57. The second kappa shape index (κ2) is 5.34. The second-order valence-corrected chi connectivity index (χ2v) is 4.54. The van der Waals surface area contributed by atoms with Gasteiger partial charge in [-0.25, -0.2) is 0 Å². The number of hydrogen-bond acceptors (Lipinski definition) is 2. The maximum Gasteiger partial charge on any atom is 0.133 e. The van der Waals surface area contributed by atoms with Crippen LogP contribution in [-0.4, -0.2) is 11.9 Å². The van der Waals surface area contributed by atoms with Gasteiger partial charge in [0.15, 0.2) is 0 Å². The van der Waals surface area contributed by atoms with Crippen molar-refractivity contribution in [2.45, 2.75) is 26.4 Å². The van der Waals surface area contributed by atoms with Gasteiger partial charge < -0.3 is 4.74 Å². The summed E-state index contributed by atoms with van der Waals surface area (Å²) >= 11 is 2.23. The fraction of sp³-hybridized carbons (Fsp3) is 0.364. The molecule has 2 nitrogen and oxygen atoms in total. The topological polar surface area (TPSA) is 26.3 Å². The van der Waals surface area contributed by atoms with Gasteiger partial charge in [-0.1, -0.05) is 6.07 Å². The highest BCUT2D eigenvalue weighted by atomic mass is 127. The second-order valence-electron chi connectivity index (χ2n) is 3.29. The van der Waals surface area contributed by atoms with Gasteiger partial charge in [-0.15, -0.1) is 0 Å². The molecule has 1 rings (SSSR count). The number of rotatable bonds is 4. The molecule has 76 valence electrons. The van der Waals surface area contributed by atoms with Crippen molar-refractivity contribution < 1.29 is 9.53 Å². The van der Waals surface area contributed by atoms with E-state index < -0.39 is 0 Å². The lowest BCUT2D eigenvalue weighted by atomic mass is 10.2. The van der Waals surface area contributed by atoms with E-state index in [9.17, 15) is 4.79 Å². The smallest absolute Gasteiger partial charge is 0.133 e. The number of carbonyl (C=O) groups is 1. The molecule has 0 radical (unpaired) electrons. The highest BCUT2D eigenvalue weighted by molar-refractivity contribution is 14.1. The molecule has 1 aromatic rings. The molecule has 0 saturated heterocycles. The van der Waals surface area contributed by atoms with Crippen LogP contribution in [0.5, 0.6) is 5.75 Å². The lowest BCUT2D eigenvalue weighted by Crippen LogP contribution is -2.15. The summed E-state index contributed by atoms with van der Waals surface area (Å²) < 4.78 is 6.71. The van der Waals surface area contributed by atoms with Gasteiger partial charge in [0.25, 0.3) is 0 Å². The highest BCUT2D eigenvalue weighted by Crippen LogP contribution is 2.16. The predicted molar refractivity (Wildman–Crippen MR) is 64.5 cm³/mol. The van der Waals surface area contributed by atoms with E-state index in [2.05, 4.69) is 22.6 Å². The van der Waals surface area contributed by atoms with E-state index in [0.29, 0.717) is 6.42 Å². The number of carbonyl (C=O) groups excluding carboxylic acids is 1. The van der Waals surface area contributed by atoms with Gasteiger partial charge in [-0.3, -0.25) is 4.79 Å². The third-order valence-electron chi connectivity index (χ3n) is 1.71. The van der Waals surface area contributed by atoms with Gasteiger partial charge in [0.05, 0.1) is 0 Å². The predicted octanol–water partition coefficient (Wildman–Crippen LogP) is 3.04. The third kappa shape index (κ3) is 4.09. The van der Waals surface area contributed by atoms with Crippen LogP contribution >= 0.6 is 22.6 Å². The Hall–Kier alpha value is -0.580. The van der Waals surface area contributed by atoms with E-state index in [1.807, 2.05) is 31.2 Å². The molecule has 0 heterocycles. The van der Waals surface area contributed by atoms with Crippen LogP contribution in [0, 0.1) is 3.57 Å². The van der Waals surface area contributed by atoms with Crippen molar-refractivity contribution in [1.29, 1.82) is 0 Å². The molecule has 0 bridgehead atoms. The standard InChI is InChI=1S/C11H13IO2/c1-8(13)6-9(2)14-11-5-3-4-10(12)7-11/h3-5,7,9H,6H2,1-2H3. The number of halogens is 1. The molecule has 0 aliphatic heterocycles. The molecule has 0 N–H and O–H groups in total. The van der Waals surface area contributed by atoms with E-state index in [0.717, 1.165) is 9.32 Å². The van der Waals surface area contributed by atoms with Crippen molar-refractivity contribution in [3.8, 4) is 5.75 Å². The van der Waals surface area contributed by atoms with E-state index in [1.165, 1.54) is 0 Å². The van der Waals surface area contributed by atoms with Crippen LogP contribution < -0.4 is 4.74 Å². The summed E-state index contributed by atoms with van der Waals surface area (Å²) in [5.74, 6) is 0.980. The highest BCUT2D eigenvalue weighted by Gasteiger charge is 2.06. The van der Waals surface area contributed by atoms with Gasteiger partial charge in [0.1, 0.15) is 17.6 Å². The summed E-state index contributed by atoms with van der Waals surface area (Å²) in [7, 11) is 0. The number of ketones is 1. The van der Waals surface area contributed by atoms with Crippen LogP contribution in [0.4, 0.5) is 0 Å². The SMILES string of the molecule is CC(=O)CC(C)Oc1cccc(I)c1. The normalized spacial score (nSPS) is 12.2. The van der Waals surface area contributed by atoms with Crippen molar-refractivity contribution in [2.75, 3.05) is 0 Å². The monoisotopic (exact) mass is 304 g/mol. The molecule has 1 atom stereocenters. The lowest BCUT2D eigenvalue weighted by molar-refractivity contribution is -0.118. The Bertz CT molecular complexity index is 323. The Morgan fingerprint density at radius 2 is 2.29 bits per heavy atom. The van der Waals surface area contributed by atoms with Crippen molar-refractivity contribution in [1.82, 2.24) is 0 Å². The summed E-state index contributed by atoms with van der Waals surface area (Å²) in [5.41, 5.74) is 0. The Morgan fingerprint density at radius 3 is 2.86 bits per heavy atom. The van der Waals surface area contributed by atoms with Crippen LogP contribution in [-0.2, 0) is 4.79 Å². The van der Waals surface area contributed by atoms with E-state index >= 15 is 0 Å². The molecular weight excluding hydrogens is 291 g/mol. The minimum absolute atomic E-state index is 0.0503. The Morgan fingerprint density at radius 1 is 1.57 bits per heavy atom. The van der Waals surface area contributed by atoms with Gasteiger partial charge in [-0.2, -0.15) is 0 Å². The molecule has 3 heteroatoms. The van der Waals surface area contributed by atoms with Crippen LogP contribution in [0.25, 0.3) is 0 Å². The molecule has 0 aliphatic rings. The summed E-state index contributed by atoms with van der Waals surface area (Å²) in [4.78, 5) is 10.8. The molecule has 14 heavy (non-hydrogen) atoms. The third-order valence-corrected chi connectivity index (χ3v) is 2.38. The van der Waals surface area contributed by atoms with E-state index in [1.54, 1.807) is 6.92 Å². The van der Waals surface area contributed by atoms with Gasteiger partial charge in [-0.05, 0) is 54.6 Å². The molecular formula is C11H13IO2. The van der Waals surface area contributed by atoms with E-state index in [-0.39, 0.29) is 11.9 Å². The maximum atomic E-state index is 10.8. The van der Waals surface area contributed by atoms with Crippen LogP contribution in [0.15, 0.2) is 24.3 Å². The first kappa shape index (κ1) is 11.5. The molecule has 1 aromatic carbocycles. The van der Waals surface area contributed by atoms with Crippen molar-refractivity contribution in [3.05, 3.63) is 27.8 Å². The van der Waals surface area contributed by atoms with Crippen molar-refractivity contribution in [2.24, 2.45) is 0 Å². The Kier molecular flexibility index (Phi) is 4.38. The first-order chi connectivity index (χ1) is 6.58. The molecule has 0 amide bonds. The lowest BCUT2D eigenvalue weighted by Gasteiger charge is -2.13. The van der Waals surface area contributed by atoms with Crippen molar-refractivity contribution in [3.63, 3.8) is 0 Å². The zero-order chi connectivity index (χ0) is 10.6. The average Bonchev–Trinajstić information content (AvgIpc) is 2.01. The molecule has 0 aliphatic carbocycles. The van der Waals surface area contributed by atoms with Crippen LogP contribution in [0.1, 0.15) is 20.3 Å². The average molecular weight is 304 g/mol. The molecule has 0 aromatic heterocycles. The summed E-state index contributed by atoms with van der Waals surface area (Å²) in [6.45, 7) is 3.48. The quantitative estimate of drug-likeness (QED) is 0.799. The Balaban J connectivity index is 2.55. The minimum Gasteiger partial charge on any atom is -0.490 e. The Labute approximate surface area is 97.8 Å². The fourth-order valence-corrected chi connectivity index (χ4v) is 1.73. The molecule has 0 spiro atoms. The van der Waals surface area contributed by atoms with Crippen LogP contribution in [0.3, 0.4) is 0 Å². The number of benzene rings is 1. The summed E-state index contributed by atoms with van der Waals surface area (Å²) in [5, 5.41) is 0. The zero-order valence-electron chi connectivity index (χ0n) is 8.29. The minimum atomic E-state index is -0.0503. The maximum absolute atomic E-state index is 10.8. The summed E-state index contributed by atoms with van der Waals surface area (Å²) in [6.07, 6.45) is 0.413. The fourth-order valence-electron chi connectivity index (χ4n) is 1.22. The molecule has 0 fully saturated rings. The van der Waals surface area contributed by atoms with Gasteiger partial charge in [0, 0.05) is 9.99 Å². The molecule has 0 saturated carbocycles. The zero-order valence-corrected chi connectivity index (χ0v) is 10.4. The number of Topliss-reactive ketones (excluding diaryl/α,β-unsaturated/α-hetero) is 1. The molecule has 1 unspecified atom stereocenters.